The van der Waals surface area contributed by atoms with Gasteiger partial charge >= 0.3 is 0 Å². The van der Waals surface area contributed by atoms with Gasteiger partial charge in [0.05, 0.1) is 5.60 Å². The highest BCUT2D eigenvalue weighted by Gasteiger charge is 2.34. The summed E-state index contributed by atoms with van der Waals surface area (Å²) < 4.78 is 0. The third-order valence-electron chi connectivity index (χ3n) is 1.51. The minimum Gasteiger partial charge on any atom is -0.384 e. The fraction of sp³-hybridized carbons (Fsp3) is 0.800. The molecule has 0 radical (unpaired) electrons. The van der Waals surface area contributed by atoms with Crippen LogP contribution in [0.4, 0.5) is 0 Å². The van der Waals surface area contributed by atoms with E-state index in [1.807, 2.05) is 0 Å². The summed E-state index contributed by atoms with van der Waals surface area (Å²) in [5.41, 5.74) is -0.257. The number of rotatable bonds is 0. The highest BCUT2D eigenvalue weighted by Crippen LogP contribution is 2.26. The first kappa shape index (κ1) is 4.78. The van der Waals surface area contributed by atoms with Crippen LogP contribution >= 0.6 is 0 Å². The smallest absolute Gasteiger partial charge is 0.0995 e. The van der Waals surface area contributed by atoms with Crippen molar-refractivity contribution in [1.29, 1.82) is 5.41 Å². The van der Waals surface area contributed by atoms with Gasteiger partial charge in [0.15, 0.2) is 0 Å². The molecule has 0 heterocycles. The number of aliphatic hydroxyl groups is 1. The third-order valence-corrected chi connectivity index (χ3v) is 1.51. The highest BCUT2D eigenvalue weighted by atomic mass is 16.3. The Morgan fingerprint density at radius 3 is 2.29 bits per heavy atom. The Morgan fingerprint density at radius 2 is 2.29 bits per heavy atom. The molecule has 7 heavy (non-hydrogen) atoms. The molecule has 1 rings (SSSR count). The molecule has 1 atom stereocenters. The van der Waals surface area contributed by atoms with Crippen molar-refractivity contribution in [1.82, 2.24) is 0 Å². The lowest BCUT2D eigenvalue weighted by molar-refractivity contribution is 0.0936. The van der Waals surface area contributed by atoms with Gasteiger partial charge < -0.3 is 10.5 Å². The maximum atomic E-state index is 8.96. The van der Waals surface area contributed by atoms with Gasteiger partial charge in [0.1, 0.15) is 0 Å². The summed E-state index contributed by atoms with van der Waals surface area (Å²) in [5.74, 6) is 0. The van der Waals surface area contributed by atoms with Crippen molar-refractivity contribution in [2.45, 2.75) is 25.4 Å². The maximum Gasteiger partial charge on any atom is 0.0995 e. The van der Waals surface area contributed by atoms with E-state index in [2.05, 4.69) is 0 Å². The molecule has 0 aliphatic heterocycles. The summed E-state index contributed by atoms with van der Waals surface area (Å²) in [5, 5.41) is 15.9. The lowest BCUT2D eigenvalue weighted by Crippen LogP contribution is -2.43. The summed E-state index contributed by atoms with van der Waals surface area (Å²) in [6.45, 7) is 1.68. The predicted molar refractivity (Wildman–Crippen MR) is 27.6 cm³/mol. The van der Waals surface area contributed by atoms with E-state index < -0.39 is 5.60 Å². The summed E-state index contributed by atoms with van der Waals surface area (Å²) in [6, 6.07) is 0. The molecule has 0 spiro atoms. The molecule has 40 valence electrons. The second-order valence-electron chi connectivity index (χ2n) is 2.25. The highest BCUT2D eigenvalue weighted by molar-refractivity contribution is 5.94. The van der Waals surface area contributed by atoms with Crippen molar-refractivity contribution in [3.63, 3.8) is 0 Å². The third kappa shape index (κ3) is 0.548. The van der Waals surface area contributed by atoms with Crippen LogP contribution in [-0.4, -0.2) is 16.4 Å². The van der Waals surface area contributed by atoms with Crippen LogP contribution in [0, 0.1) is 5.41 Å². The molecule has 1 fully saturated rings. The average molecular weight is 99.1 g/mol. The first-order chi connectivity index (χ1) is 3.13. The van der Waals surface area contributed by atoms with E-state index >= 15 is 0 Å². The van der Waals surface area contributed by atoms with Gasteiger partial charge in [-0.15, -0.1) is 0 Å². The van der Waals surface area contributed by atoms with Gasteiger partial charge in [0.25, 0.3) is 0 Å². The van der Waals surface area contributed by atoms with Gasteiger partial charge in [-0.1, -0.05) is 0 Å². The number of nitrogens with one attached hydrogen (secondary N) is 1. The molecule has 1 saturated carbocycles. The van der Waals surface area contributed by atoms with E-state index in [4.69, 9.17) is 10.5 Å². The van der Waals surface area contributed by atoms with Gasteiger partial charge in [-0.3, -0.25) is 0 Å². The molecule has 2 N–H and O–H groups in total. The Balaban J connectivity index is 2.59. The Hall–Kier alpha value is -0.370. The fourth-order valence-corrected chi connectivity index (χ4v) is 0.612. The average Bonchev–Trinajstić information content (AvgIpc) is 1.63. The molecule has 0 aromatic rings. The minimum absolute atomic E-state index is 0.479. The Morgan fingerprint density at radius 1 is 1.86 bits per heavy atom. The van der Waals surface area contributed by atoms with Crippen LogP contribution in [0.5, 0.6) is 0 Å². The zero-order chi connectivity index (χ0) is 5.49. The van der Waals surface area contributed by atoms with Crippen molar-refractivity contribution >= 4 is 5.71 Å². The van der Waals surface area contributed by atoms with Crippen molar-refractivity contribution in [2.24, 2.45) is 0 Å². The molecule has 2 heteroatoms. The zero-order valence-corrected chi connectivity index (χ0v) is 4.36. The van der Waals surface area contributed by atoms with Crippen molar-refractivity contribution < 1.29 is 5.11 Å². The monoisotopic (exact) mass is 99.1 g/mol. The summed E-state index contributed by atoms with van der Waals surface area (Å²) in [4.78, 5) is 0. The molecule has 1 aliphatic rings. The molecular formula is C5H9NO. The SMILES string of the molecule is C[C@@]1(O)CCC1=N. The minimum atomic E-state index is -0.736. The topological polar surface area (TPSA) is 44.1 Å². The molecule has 0 bridgehead atoms. The molecule has 0 aromatic heterocycles. The Kier molecular flexibility index (Phi) is 0.729. The molecule has 0 saturated heterocycles. The van der Waals surface area contributed by atoms with E-state index in [0.29, 0.717) is 5.71 Å². The van der Waals surface area contributed by atoms with Crippen molar-refractivity contribution in [3.8, 4) is 0 Å². The summed E-state index contributed by atoms with van der Waals surface area (Å²) >= 11 is 0. The van der Waals surface area contributed by atoms with Crippen LogP contribution in [0.25, 0.3) is 0 Å². The van der Waals surface area contributed by atoms with Crippen LogP contribution in [0.15, 0.2) is 0 Å². The number of hydrogen-bond acceptors (Lipinski definition) is 2. The Labute approximate surface area is 42.7 Å². The molecule has 0 amide bonds. The molecule has 0 aromatic carbocycles. The Bertz CT molecular complexity index is 107. The van der Waals surface area contributed by atoms with E-state index in [9.17, 15) is 0 Å². The van der Waals surface area contributed by atoms with Crippen LogP contribution in [0.1, 0.15) is 19.8 Å². The van der Waals surface area contributed by atoms with Crippen LogP contribution in [0.2, 0.25) is 0 Å². The van der Waals surface area contributed by atoms with Gasteiger partial charge in [-0.2, -0.15) is 0 Å². The zero-order valence-electron chi connectivity index (χ0n) is 4.36. The van der Waals surface area contributed by atoms with E-state index in [0.717, 1.165) is 12.8 Å². The van der Waals surface area contributed by atoms with E-state index in [-0.39, 0.29) is 0 Å². The van der Waals surface area contributed by atoms with Gasteiger partial charge in [-0.05, 0) is 19.8 Å². The van der Waals surface area contributed by atoms with E-state index in [1.165, 1.54) is 0 Å². The molecular weight excluding hydrogens is 90.1 g/mol. The lowest BCUT2D eigenvalue weighted by atomic mass is 9.80. The summed E-state index contributed by atoms with van der Waals surface area (Å²) in [6.07, 6.45) is 1.55. The largest absolute Gasteiger partial charge is 0.384 e. The van der Waals surface area contributed by atoms with Gasteiger partial charge in [0.2, 0.25) is 0 Å². The van der Waals surface area contributed by atoms with Crippen LogP contribution in [0.3, 0.4) is 0 Å². The molecule has 0 unspecified atom stereocenters. The second kappa shape index (κ2) is 1.07. The normalized spacial score (nSPS) is 40.6. The number of hydrogen-bond donors (Lipinski definition) is 2. The first-order valence-electron chi connectivity index (χ1n) is 2.43. The standard InChI is InChI=1S/C5H9NO/c1-5(7)3-2-4(5)6/h6-7H,2-3H2,1H3/t5-/m1/s1. The van der Waals surface area contributed by atoms with Crippen LogP contribution in [-0.2, 0) is 0 Å². The van der Waals surface area contributed by atoms with Crippen molar-refractivity contribution in [2.75, 3.05) is 0 Å². The predicted octanol–water partition coefficient (Wildman–Crippen LogP) is 0.551. The maximum absolute atomic E-state index is 8.96. The van der Waals surface area contributed by atoms with Gasteiger partial charge in [-0.25, -0.2) is 0 Å². The summed E-state index contributed by atoms with van der Waals surface area (Å²) in [7, 11) is 0. The molecule has 2 nitrogen and oxygen atoms in total. The van der Waals surface area contributed by atoms with Crippen molar-refractivity contribution in [3.05, 3.63) is 0 Å². The second-order valence-corrected chi connectivity index (χ2v) is 2.25. The molecule has 1 aliphatic carbocycles. The fourth-order valence-electron chi connectivity index (χ4n) is 0.612. The first-order valence-corrected chi connectivity index (χ1v) is 2.43. The quantitative estimate of drug-likeness (QED) is 0.457. The van der Waals surface area contributed by atoms with Gasteiger partial charge in [0, 0.05) is 5.71 Å². The lowest BCUT2D eigenvalue weighted by Gasteiger charge is -2.33. The van der Waals surface area contributed by atoms with E-state index in [1.54, 1.807) is 6.92 Å². The van der Waals surface area contributed by atoms with Crippen LogP contribution < -0.4 is 0 Å².